The molecule has 7 heteroatoms. The molecule has 1 saturated carbocycles. The van der Waals surface area contributed by atoms with Gasteiger partial charge in [-0.3, -0.25) is 0 Å². The first-order valence-electron chi connectivity index (χ1n) is 10.9. The number of nitrogens with zero attached hydrogens (tertiary/aromatic N) is 1. The molecule has 3 rings (SSSR count). The Morgan fingerprint density at radius 3 is 2.62 bits per heavy atom. The Hall–Kier alpha value is -2.25. The van der Waals surface area contributed by atoms with Gasteiger partial charge in [-0.15, -0.1) is 11.3 Å². The third-order valence-electron chi connectivity index (χ3n) is 5.42. The smallest absolute Gasteiger partial charge is 0.387 e. The number of hydrogen-bond donors (Lipinski definition) is 1. The van der Waals surface area contributed by atoms with Gasteiger partial charge in [0.15, 0.2) is 11.5 Å². The zero-order valence-electron chi connectivity index (χ0n) is 19.0. The quantitative estimate of drug-likeness (QED) is 0.388. The number of alkyl halides is 2. The van der Waals surface area contributed by atoms with E-state index in [0.29, 0.717) is 10.8 Å². The van der Waals surface area contributed by atoms with Crippen molar-refractivity contribution in [3.63, 3.8) is 0 Å². The molecule has 1 heterocycles. The molecule has 32 heavy (non-hydrogen) atoms. The van der Waals surface area contributed by atoms with Crippen LogP contribution in [0, 0.1) is 0 Å². The molecule has 4 nitrogen and oxygen atoms in total. The van der Waals surface area contributed by atoms with Crippen LogP contribution in [0.2, 0.25) is 0 Å². The van der Waals surface area contributed by atoms with Gasteiger partial charge in [-0.25, -0.2) is 4.98 Å². The van der Waals surface area contributed by atoms with Crippen LogP contribution in [0.1, 0.15) is 74.7 Å². The molecule has 0 bridgehead atoms. The monoisotopic (exact) mass is 463 g/mol. The summed E-state index contributed by atoms with van der Waals surface area (Å²) in [5.41, 5.74) is 1.07. The molecule has 0 aliphatic heterocycles. The topological polar surface area (TPSA) is 51.6 Å². The van der Waals surface area contributed by atoms with Crippen LogP contribution in [0.3, 0.4) is 0 Å². The van der Waals surface area contributed by atoms with Crippen LogP contribution in [0.15, 0.2) is 48.2 Å². The highest BCUT2D eigenvalue weighted by molar-refractivity contribution is 7.11. The summed E-state index contributed by atoms with van der Waals surface area (Å²) >= 11 is 1.46. The van der Waals surface area contributed by atoms with Crippen LogP contribution < -0.4 is 9.47 Å². The standard InChI is InChI=1S/C25H31F2NO3S/c1-5-6-8-16(2)13-19(22-15-28-23(32-22)25(3,4)29)17-11-12-20(31-24(26)27)21(14-17)30-18-9-7-10-18/h5-6,8,11-12,14-15,18-19,24,29H,7,9-10,13H2,1-4H3/b6-5-,16-8+. The zero-order chi connectivity index (χ0) is 23.3. The minimum Gasteiger partial charge on any atom is -0.487 e. The first-order chi connectivity index (χ1) is 15.2. The van der Waals surface area contributed by atoms with Gasteiger partial charge < -0.3 is 14.6 Å². The number of ether oxygens (including phenoxy) is 2. The Bertz CT molecular complexity index is 958. The molecule has 1 aliphatic rings. The molecule has 0 saturated heterocycles. The maximum absolute atomic E-state index is 12.9. The van der Waals surface area contributed by atoms with Crippen molar-refractivity contribution in [3.8, 4) is 11.5 Å². The maximum atomic E-state index is 12.9. The highest BCUT2D eigenvalue weighted by Crippen LogP contribution is 2.41. The molecular weight excluding hydrogens is 432 g/mol. The summed E-state index contributed by atoms with van der Waals surface area (Å²) in [5.74, 6) is 0.339. The Morgan fingerprint density at radius 1 is 1.31 bits per heavy atom. The number of halogens is 2. The van der Waals surface area contributed by atoms with Gasteiger partial charge in [0.05, 0.1) is 6.10 Å². The molecule has 0 radical (unpaired) electrons. The Balaban J connectivity index is 2.00. The number of aliphatic hydroxyl groups is 1. The van der Waals surface area contributed by atoms with Crippen molar-refractivity contribution in [2.24, 2.45) is 0 Å². The molecule has 174 valence electrons. The van der Waals surface area contributed by atoms with Crippen molar-refractivity contribution in [2.75, 3.05) is 0 Å². The largest absolute Gasteiger partial charge is 0.487 e. The van der Waals surface area contributed by atoms with E-state index in [4.69, 9.17) is 9.47 Å². The lowest BCUT2D eigenvalue weighted by Gasteiger charge is -2.28. The van der Waals surface area contributed by atoms with E-state index < -0.39 is 12.2 Å². The number of aromatic nitrogens is 1. The molecular formula is C25H31F2NO3S. The van der Waals surface area contributed by atoms with E-state index in [1.54, 1.807) is 26.1 Å². The van der Waals surface area contributed by atoms with Gasteiger partial charge in [-0.1, -0.05) is 29.9 Å². The minimum atomic E-state index is -2.91. The van der Waals surface area contributed by atoms with E-state index in [2.05, 4.69) is 18.0 Å². The second-order valence-corrected chi connectivity index (χ2v) is 9.74. The lowest BCUT2D eigenvalue weighted by Crippen LogP contribution is -2.25. The number of rotatable bonds is 10. The number of thiazole rings is 1. The van der Waals surface area contributed by atoms with Crippen molar-refractivity contribution in [3.05, 3.63) is 63.6 Å². The highest BCUT2D eigenvalue weighted by atomic mass is 32.1. The van der Waals surface area contributed by atoms with Gasteiger partial charge in [0.1, 0.15) is 10.6 Å². The molecule has 1 aliphatic carbocycles. The van der Waals surface area contributed by atoms with Crippen LogP contribution in [0.4, 0.5) is 8.78 Å². The third kappa shape index (κ3) is 6.39. The van der Waals surface area contributed by atoms with Crippen LogP contribution in [0.5, 0.6) is 11.5 Å². The minimum absolute atomic E-state index is 0.0326. The maximum Gasteiger partial charge on any atom is 0.387 e. The highest BCUT2D eigenvalue weighted by Gasteiger charge is 2.26. The first-order valence-corrected chi connectivity index (χ1v) is 11.7. The van der Waals surface area contributed by atoms with Gasteiger partial charge in [0.2, 0.25) is 0 Å². The predicted molar refractivity (Wildman–Crippen MR) is 124 cm³/mol. The van der Waals surface area contributed by atoms with Gasteiger partial charge >= 0.3 is 6.61 Å². The van der Waals surface area contributed by atoms with Crippen molar-refractivity contribution in [1.29, 1.82) is 0 Å². The molecule has 1 aromatic carbocycles. The molecule has 1 atom stereocenters. The average molecular weight is 464 g/mol. The first kappa shape index (κ1) is 24.4. The molecule has 1 fully saturated rings. The summed E-state index contributed by atoms with van der Waals surface area (Å²) in [6, 6.07) is 5.18. The predicted octanol–water partition coefficient (Wildman–Crippen LogP) is 6.95. The Labute approximate surface area is 192 Å². The molecule has 1 N–H and O–H groups in total. The van der Waals surface area contributed by atoms with Gasteiger partial charge in [0, 0.05) is 17.0 Å². The summed E-state index contributed by atoms with van der Waals surface area (Å²) in [5, 5.41) is 11.0. The number of allylic oxidation sites excluding steroid dienone is 4. The second-order valence-electron chi connectivity index (χ2n) is 8.68. The van der Waals surface area contributed by atoms with E-state index in [-0.39, 0.29) is 17.8 Å². The SMILES string of the molecule is C/C=C\C=C(/C)CC(c1ccc(OC(F)F)c(OC2CCC2)c1)c1cnc(C(C)(C)O)s1. The van der Waals surface area contributed by atoms with Gasteiger partial charge in [-0.2, -0.15) is 8.78 Å². The summed E-state index contributed by atoms with van der Waals surface area (Å²) in [7, 11) is 0. The van der Waals surface area contributed by atoms with Crippen LogP contribution >= 0.6 is 11.3 Å². The van der Waals surface area contributed by atoms with E-state index in [9.17, 15) is 13.9 Å². The fourth-order valence-electron chi connectivity index (χ4n) is 3.46. The molecule has 2 aromatic rings. The molecule has 0 amide bonds. The zero-order valence-corrected chi connectivity index (χ0v) is 19.8. The lowest BCUT2D eigenvalue weighted by atomic mass is 9.90. The Morgan fingerprint density at radius 2 is 2.06 bits per heavy atom. The van der Waals surface area contributed by atoms with Crippen molar-refractivity contribution in [2.45, 2.75) is 77.6 Å². The van der Waals surface area contributed by atoms with E-state index in [1.807, 2.05) is 31.2 Å². The second kappa shape index (κ2) is 10.6. The van der Waals surface area contributed by atoms with Crippen molar-refractivity contribution < 1.29 is 23.4 Å². The normalized spacial score (nSPS) is 16.4. The summed E-state index contributed by atoms with van der Waals surface area (Å²) < 4.78 is 36.6. The van der Waals surface area contributed by atoms with Crippen LogP contribution in [0.25, 0.3) is 0 Å². The fraction of sp³-hybridized carbons (Fsp3) is 0.480. The molecule has 1 unspecified atom stereocenters. The van der Waals surface area contributed by atoms with E-state index in [1.165, 1.54) is 16.9 Å². The molecule has 1 aromatic heterocycles. The fourth-order valence-corrected chi connectivity index (χ4v) is 4.50. The molecule has 0 spiro atoms. The number of benzene rings is 1. The summed E-state index contributed by atoms with van der Waals surface area (Å²) in [6.07, 6.45) is 11.5. The van der Waals surface area contributed by atoms with Crippen LogP contribution in [-0.4, -0.2) is 22.8 Å². The Kier molecular flexibility index (Phi) is 8.06. The van der Waals surface area contributed by atoms with Crippen molar-refractivity contribution in [1.82, 2.24) is 4.98 Å². The lowest BCUT2D eigenvalue weighted by molar-refractivity contribution is -0.0527. The summed E-state index contributed by atoms with van der Waals surface area (Å²) in [6.45, 7) is 4.53. The van der Waals surface area contributed by atoms with Gasteiger partial charge in [-0.05, 0) is 71.1 Å². The van der Waals surface area contributed by atoms with E-state index in [0.717, 1.165) is 36.1 Å². The average Bonchev–Trinajstić information content (AvgIpc) is 3.18. The third-order valence-corrected chi connectivity index (χ3v) is 6.85. The van der Waals surface area contributed by atoms with Crippen LogP contribution in [-0.2, 0) is 5.60 Å². The number of hydrogen-bond acceptors (Lipinski definition) is 5. The van der Waals surface area contributed by atoms with Gasteiger partial charge in [0.25, 0.3) is 0 Å². The summed E-state index contributed by atoms with van der Waals surface area (Å²) in [4.78, 5) is 5.43. The van der Waals surface area contributed by atoms with Crippen molar-refractivity contribution >= 4 is 11.3 Å². The van der Waals surface area contributed by atoms with E-state index >= 15 is 0 Å².